The molecular formula is C16H23FN2S2. The van der Waals surface area contributed by atoms with Gasteiger partial charge in [-0.05, 0) is 50.1 Å². The van der Waals surface area contributed by atoms with Gasteiger partial charge >= 0.3 is 0 Å². The van der Waals surface area contributed by atoms with Gasteiger partial charge in [-0.2, -0.15) is 11.8 Å². The third-order valence-corrected chi connectivity index (χ3v) is 5.80. The average molecular weight is 327 g/mol. The first-order chi connectivity index (χ1) is 10.1. The van der Waals surface area contributed by atoms with Gasteiger partial charge in [-0.1, -0.05) is 6.07 Å². The topological polar surface area (TPSA) is 29.3 Å². The highest BCUT2D eigenvalue weighted by atomic mass is 32.2. The fourth-order valence-electron chi connectivity index (χ4n) is 2.46. The van der Waals surface area contributed by atoms with Crippen LogP contribution in [0, 0.1) is 5.82 Å². The van der Waals surface area contributed by atoms with Crippen LogP contribution in [0.4, 0.5) is 4.39 Å². The zero-order chi connectivity index (χ0) is 15.4. The summed E-state index contributed by atoms with van der Waals surface area (Å²) in [5, 5.41) is 0.756. The molecule has 0 aliphatic carbocycles. The lowest BCUT2D eigenvalue weighted by molar-refractivity contribution is 0.245. The molecule has 0 spiro atoms. The standard InChI is InChI=1S/C16H23FN2S2/c1-11(7-8-20-3)19(2)10-12-15(9-18)21-14-6-4-5-13(17)16(12)14/h4-6,11H,7-10,18H2,1-3H3. The molecule has 0 fully saturated rings. The molecule has 0 saturated carbocycles. The van der Waals surface area contributed by atoms with E-state index in [1.54, 1.807) is 17.4 Å². The van der Waals surface area contributed by atoms with E-state index in [-0.39, 0.29) is 5.82 Å². The number of halogens is 1. The Bertz CT molecular complexity index is 597. The number of nitrogens with two attached hydrogens (primary N) is 1. The number of nitrogens with zero attached hydrogens (tertiary/aromatic N) is 1. The fraction of sp³-hybridized carbons (Fsp3) is 0.500. The molecule has 0 saturated heterocycles. The van der Waals surface area contributed by atoms with E-state index in [4.69, 9.17) is 5.73 Å². The van der Waals surface area contributed by atoms with Crippen molar-refractivity contribution in [2.24, 2.45) is 5.73 Å². The van der Waals surface area contributed by atoms with Crippen LogP contribution in [-0.2, 0) is 13.1 Å². The van der Waals surface area contributed by atoms with Gasteiger partial charge in [0.05, 0.1) is 0 Å². The summed E-state index contributed by atoms with van der Waals surface area (Å²) in [7, 11) is 2.11. The van der Waals surface area contributed by atoms with Crippen LogP contribution in [0.3, 0.4) is 0 Å². The molecule has 0 bridgehead atoms. The SMILES string of the molecule is CSCCC(C)N(C)Cc1c(CN)sc2cccc(F)c12. The molecule has 1 heterocycles. The van der Waals surface area contributed by atoms with Gasteiger partial charge in [0.1, 0.15) is 5.82 Å². The molecule has 1 atom stereocenters. The van der Waals surface area contributed by atoms with Crippen LogP contribution in [0.15, 0.2) is 18.2 Å². The van der Waals surface area contributed by atoms with Crippen LogP contribution in [0.1, 0.15) is 23.8 Å². The van der Waals surface area contributed by atoms with Gasteiger partial charge in [-0.3, -0.25) is 4.90 Å². The normalized spacial score (nSPS) is 13.2. The van der Waals surface area contributed by atoms with Crippen molar-refractivity contribution in [3.8, 4) is 0 Å². The lowest BCUT2D eigenvalue weighted by Crippen LogP contribution is -2.29. The van der Waals surface area contributed by atoms with E-state index in [1.165, 1.54) is 6.07 Å². The molecule has 0 amide bonds. The highest BCUT2D eigenvalue weighted by Crippen LogP contribution is 2.34. The Morgan fingerprint density at radius 1 is 1.43 bits per heavy atom. The molecule has 0 radical (unpaired) electrons. The quantitative estimate of drug-likeness (QED) is 0.831. The molecule has 2 nitrogen and oxygen atoms in total. The maximum Gasteiger partial charge on any atom is 0.132 e. The maximum atomic E-state index is 14.2. The number of thioether (sulfide) groups is 1. The number of benzene rings is 1. The molecule has 116 valence electrons. The van der Waals surface area contributed by atoms with E-state index in [0.717, 1.165) is 39.2 Å². The smallest absolute Gasteiger partial charge is 0.132 e. The second-order valence-electron chi connectivity index (χ2n) is 5.37. The molecule has 2 aromatic rings. The Morgan fingerprint density at radius 3 is 2.86 bits per heavy atom. The predicted molar refractivity (Wildman–Crippen MR) is 93.6 cm³/mol. The lowest BCUT2D eigenvalue weighted by Gasteiger charge is -2.25. The van der Waals surface area contributed by atoms with Crippen molar-refractivity contribution >= 4 is 33.2 Å². The minimum atomic E-state index is -0.136. The van der Waals surface area contributed by atoms with Gasteiger partial charge in [0, 0.05) is 34.1 Å². The van der Waals surface area contributed by atoms with Crippen molar-refractivity contribution in [1.82, 2.24) is 4.90 Å². The third kappa shape index (κ3) is 3.77. The molecule has 0 aliphatic rings. The van der Waals surface area contributed by atoms with Gasteiger partial charge in [0.2, 0.25) is 0 Å². The van der Waals surface area contributed by atoms with Crippen LogP contribution in [0.25, 0.3) is 10.1 Å². The zero-order valence-corrected chi connectivity index (χ0v) is 14.5. The molecule has 0 aliphatic heterocycles. The van der Waals surface area contributed by atoms with E-state index >= 15 is 0 Å². The highest BCUT2D eigenvalue weighted by Gasteiger charge is 2.18. The van der Waals surface area contributed by atoms with Gasteiger partial charge in [-0.25, -0.2) is 4.39 Å². The average Bonchev–Trinajstić information content (AvgIpc) is 2.83. The van der Waals surface area contributed by atoms with E-state index in [2.05, 4.69) is 25.1 Å². The molecule has 1 unspecified atom stereocenters. The van der Waals surface area contributed by atoms with Crippen LogP contribution in [0.5, 0.6) is 0 Å². The minimum Gasteiger partial charge on any atom is -0.326 e. The Labute approximate surface area is 134 Å². The molecule has 1 aromatic carbocycles. The highest BCUT2D eigenvalue weighted by molar-refractivity contribution is 7.98. The van der Waals surface area contributed by atoms with Crippen LogP contribution >= 0.6 is 23.1 Å². The van der Waals surface area contributed by atoms with E-state index < -0.39 is 0 Å². The Hall–Kier alpha value is -0.620. The monoisotopic (exact) mass is 326 g/mol. The lowest BCUT2D eigenvalue weighted by atomic mass is 10.1. The summed E-state index contributed by atoms with van der Waals surface area (Å²) in [6.45, 7) is 3.45. The first kappa shape index (κ1) is 16.7. The first-order valence-corrected chi connectivity index (χ1v) is 9.37. The number of hydrogen-bond acceptors (Lipinski definition) is 4. The second kappa shape index (κ2) is 7.58. The van der Waals surface area contributed by atoms with E-state index in [1.807, 2.05) is 17.8 Å². The Kier molecular flexibility index (Phi) is 6.05. The summed E-state index contributed by atoms with van der Waals surface area (Å²) in [5.74, 6) is 1.01. The zero-order valence-electron chi connectivity index (χ0n) is 12.9. The van der Waals surface area contributed by atoms with Gasteiger partial charge in [0.15, 0.2) is 0 Å². The van der Waals surface area contributed by atoms with E-state index in [0.29, 0.717) is 12.6 Å². The predicted octanol–water partition coefficient (Wildman–Crippen LogP) is 4.07. The fourth-order valence-corrected chi connectivity index (χ4v) is 4.15. The number of fused-ring (bicyclic) bond motifs is 1. The van der Waals surface area contributed by atoms with Gasteiger partial charge in [0.25, 0.3) is 0 Å². The van der Waals surface area contributed by atoms with Crippen molar-refractivity contribution in [3.05, 3.63) is 34.5 Å². The first-order valence-electron chi connectivity index (χ1n) is 7.16. The maximum absolute atomic E-state index is 14.2. The van der Waals surface area contributed by atoms with Crippen molar-refractivity contribution in [3.63, 3.8) is 0 Å². The van der Waals surface area contributed by atoms with Crippen molar-refractivity contribution < 1.29 is 4.39 Å². The number of hydrogen-bond donors (Lipinski definition) is 1. The molecule has 2 rings (SSSR count). The van der Waals surface area contributed by atoms with Gasteiger partial charge < -0.3 is 5.73 Å². The van der Waals surface area contributed by atoms with E-state index in [9.17, 15) is 4.39 Å². The summed E-state index contributed by atoms with van der Waals surface area (Å²) in [5.41, 5.74) is 6.93. The summed E-state index contributed by atoms with van der Waals surface area (Å²) in [6.07, 6.45) is 3.27. The molecular weight excluding hydrogens is 303 g/mol. The Morgan fingerprint density at radius 2 is 2.19 bits per heavy atom. The minimum absolute atomic E-state index is 0.136. The van der Waals surface area contributed by atoms with Gasteiger partial charge in [-0.15, -0.1) is 11.3 Å². The van der Waals surface area contributed by atoms with Crippen molar-refractivity contribution in [2.45, 2.75) is 32.5 Å². The summed E-state index contributed by atoms with van der Waals surface area (Å²) >= 11 is 3.48. The summed E-state index contributed by atoms with van der Waals surface area (Å²) in [4.78, 5) is 3.39. The Balaban J connectivity index is 2.28. The van der Waals surface area contributed by atoms with Crippen LogP contribution in [-0.4, -0.2) is 30.0 Å². The summed E-state index contributed by atoms with van der Waals surface area (Å²) in [6, 6.07) is 5.76. The molecule has 2 N–H and O–H groups in total. The molecule has 1 aromatic heterocycles. The van der Waals surface area contributed by atoms with Crippen LogP contribution in [0.2, 0.25) is 0 Å². The van der Waals surface area contributed by atoms with Crippen LogP contribution < -0.4 is 5.73 Å². The molecule has 5 heteroatoms. The second-order valence-corrected chi connectivity index (χ2v) is 7.49. The largest absolute Gasteiger partial charge is 0.326 e. The third-order valence-electron chi connectivity index (χ3n) is 3.93. The van der Waals surface area contributed by atoms with Crippen molar-refractivity contribution in [1.29, 1.82) is 0 Å². The molecule has 21 heavy (non-hydrogen) atoms. The number of thiophene rings is 1. The van der Waals surface area contributed by atoms with Crippen molar-refractivity contribution in [2.75, 3.05) is 19.1 Å². The summed E-state index contributed by atoms with van der Waals surface area (Å²) < 4.78 is 15.2. The number of rotatable bonds is 7.